The molecule has 236 valence electrons. The van der Waals surface area contributed by atoms with Gasteiger partial charge in [0.2, 0.25) is 11.5 Å². The summed E-state index contributed by atoms with van der Waals surface area (Å²) in [6, 6.07) is 1.20. The molecule has 3 N–H and O–H groups in total. The van der Waals surface area contributed by atoms with Gasteiger partial charge in [-0.1, -0.05) is 13.8 Å². The molecule has 0 bridgehead atoms. The third-order valence-corrected chi connectivity index (χ3v) is 7.67. The number of carbonyl (C=O) groups excluding carboxylic acids is 1. The van der Waals surface area contributed by atoms with Gasteiger partial charge < -0.3 is 30.2 Å². The fourth-order valence-electron chi connectivity index (χ4n) is 5.34. The molecule has 4 heterocycles. The normalized spacial score (nSPS) is 19.4. The standard InChI is InChI=1S/C29H32F5N7O3/c1-15(2)22-14-41(6-7-44-22)28-37-10-17(11-38-28)24-20(30)9-21(40-5-4-35-16(3)13-40)26(25(24)31)39-27(43)18-12-36-23(42)8-19(18)29(32,33)34/h8-12,15-16,22,35H,4-7,13-14H2,1-3H3,(H,36,42)(H,39,43)/t16-,22-/m0/s1. The van der Waals surface area contributed by atoms with Crippen LogP contribution in [0, 0.1) is 17.6 Å². The zero-order valence-corrected chi connectivity index (χ0v) is 24.3. The minimum atomic E-state index is -5.04. The second kappa shape index (κ2) is 12.5. The lowest BCUT2D eigenvalue weighted by Gasteiger charge is -2.35. The molecular weight excluding hydrogens is 589 g/mol. The van der Waals surface area contributed by atoms with Crippen LogP contribution >= 0.6 is 0 Å². The maximum absolute atomic E-state index is 16.3. The number of rotatable bonds is 6. The third kappa shape index (κ3) is 6.53. The molecular formula is C29H32F5N7O3. The van der Waals surface area contributed by atoms with Gasteiger partial charge in [0.1, 0.15) is 11.5 Å². The van der Waals surface area contributed by atoms with E-state index in [2.05, 4.69) is 20.6 Å². The van der Waals surface area contributed by atoms with Crippen LogP contribution < -0.4 is 26.0 Å². The number of piperazine rings is 1. The number of halogens is 5. The molecule has 1 aromatic carbocycles. The first kappa shape index (κ1) is 31.3. The van der Waals surface area contributed by atoms with Crippen molar-refractivity contribution in [3.05, 3.63) is 63.8 Å². The average molecular weight is 622 g/mol. The summed E-state index contributed by atoms with van der Waals surface area (Å²) in [5.41, 5.74) is -4.65. The number of benzene rings is 1. The molecule has 10 nitrogen and oxygen atoms in total. The largest absolute Gasteiger partial charge is 0.417 e. The van der Waals surface area contributed by atoms with Crippen molar-refractivity contribution in [1.82, 2.24) is 20.3 Å². The van der Waals surface area contributed by atoms with Gasteiger partial charge in [0.15, 0.2) is 5.82 Å². The molecule has 0 saturated carbocycles. The van der Waals surface area contributed by atoms with E-state index in [4.69, 9.17) is 4.74 Å². The van der Waals surface area contributed by atoms with Gasteiger partial charge >= 0.3 is 6.18 Å². The molecule has 44 heavy (non-hydrogen) atoms. The highest BCUT2D eigenvalue weighted by molar-refractivity contribution is 6.07. The van der Waals surface area contributed by atoms with Crippen molar-refractivity contribution in [2.45, 2.75) is 39.1 Å². The number of H-pyrrole nitrogens is 1. The number of pyridine rings is 1. The second-order valence-electron chi connectivity index (χ2n) is 11.2. The van der Waals surface area contributed by atoms with E-state index in [9.17, 15) is 22.8 Å². The lowest BCUT2D eigenvalue weighted by molar-refractivity contribution is -0.138. The predicted octanol–water partition coefficient (Wildman–Crippen LogP) is 4.04. The highest BCUT2D eigenvalue weighted by atomic mass is 19.4. The zero-order valence-electron chi connectivity index (χ0n) is 24.3. The first-order valence-electron chi connectivity index (χ1n) is 14.1. The molecule has 2 fully saturated rings. The van der Waals surface area contributed by atoms with Crippen molar-refractivity contribution >= 4 is 23.2 Å². The number of hydrogen-bond donors (Lipinski definition) is 3. The van der Waals surface area contributed by atoms with Crippen molar-refractivity contribution in [3.8, 4) is 11.1 Å². The van der Waals surface area contributed by atoms with E-state index in [0.29, 0.717) is 51.5 Å². The summed E-state index contributed by atoms with van der Waals surface area (Å²) in [5, 5.41) is 5.43. The van der Waals surface area contributed by atoms with E-state index in [-0.39, 0.29) is 35.4 Å². The van der Waals surface area contributed by atoms with Gasteiger partial charge in [0.25, 0.3) is 5.91 Å². The summed E-state index contributed by atoms with van der Waals surface area (Å²) < 4.78 is 78.9. The SMILES string of the molecule is CC(C)[C@@H]1CN(c2ncc(-c3c(F)cc(N4CCN[C@@H](C)C4)c(NC(=O)c4c[nH]c(=O)cc4C(F)(F)F)c3F)cn2)CCO1. The van der Waals surface area contributed by atoms with Crippen LogP contribution in [0.5, 0.6) is 0 Å². The molecule has 0 radical (unpaired) electrons. The quantitative estimate of drug-likeness (QED) is 0.354. The number of aromatic amines is 1. The molecule has 15 heteroatoms. The van der Waals surface area contributed by atoms with Crippen LogP contribution in [0.3, 0.4) is 0 Å². The van der Waals surface area contributed by atoms with Gasteiger partial charge in [-0.2, -0.15) is 13.2 Å². The molecule has 0 aliphatic carbocycles. The number of carbonyl (C=O) groups is 1. The van der Waals surface area contributed by atoms with Crippen molar-refractivity contribution in [2.24, 2.45) is 5.92 Å². The lowest BCUT2D eigenvalue weighted by Crippen LogP contribution is -2.49. The molecule has 3 aromatic rings. The van der Waals surface area contributed by atoms with Gasteiger partial charge in [-0.25, -0.2) is 18.7 Å². The molecule has 0 unspecified atom stereocenters. The Morgan fingerprint density at radius 1 is 1.11 bits per heavy atom. The zero-order chi connectivity index (χ0) is 31.8. The first-order chi connectivity index (χ1) is 20.8. The molecule has 1 amide bonds. The molecule has 2 atom stereocenters. The third-order valence-electron chi connectivity index (χ3n) is 7.67. The van der Waals surface area contributed by atoms with Crippen LogP contribution in [0.1, 0.15) is 36.7 Å². The number of hydrogen-bond acceptors (Lipinski definition) is 8. The number of ether oxygens (including phenoxy) is 1. The number of aromatic nitrogens is 3. The summed E-state index contributed by atoms with van der Waals surface area (Å²) in [6.45, 7) is 8.55. The maximum Gasteiger partial charge on any atom is 0.417 e. The minimum absolute atomic E-state index is 0.0337. The Hall–Kier alpha value is -4.11. The fraction of sp³-hybridized carbons (Fsp3) is 0.448. The molecule has 2 aliphatic heterocycles. The number of anilines is 3. The van der Waals surface area contributed by atoms with Crippen LogP contribution in [0.25, 0.3) is 11.1 Å². The Morgan fingerprint density at radius 2 is 1.84 bits per heavy atom. The van der Waals surface area contributed by atoms with Crippen LogP contribution in [-0.4, -0.2) is 72.3 Å². The van der Waals surface area contributed by atoms with Crippen LogP contribution in [0.15, 0.2) is 35.5 Å². The van der Waals surface area contributed by atoms with Gasteiger partial charge in [0.05, 0.1) is 35.1 Å². The monoisotopic (exact) mass is 621 g/mol. The summed E-state index contributed by atoms with van der Waals surface area (Å²) >= 11 is 0. The number of morpholine rings is 1. The second-order valence-corrected chi connectivity index (χ2v) is 11.2. The smallest absolute Gasteiger partial charge is 0.374 e. The highest BCUT2D eigenvalue weighted by Crippen LogP contribution is 2.39. The number of nitrogens with zero attached hydrogens (tertiary/aromatic N) is 4. The Labute approximate surface area is 249 Å². The van der Waals surface area contributed by atoms with Crippen molar-refractivity contribution in [2.75, 3.05) is 54.4 Å². The highest BCUT2D eigenvalue weighted by Gasteiger charge is 2.37. The van der Waals surface area contributed by atoms with E-state index in [1.54, 1.807) is 4.90 Å². The van der Waals surface area contributed by atoms with E-state index in [1.165, 1.54) is 12.4 Å². The van der Waals surface area contributed by atoms with Gasteiger partial charge in [-0.05, 0) is 12.8 Å². The topological polar surface area (TPSA) is 115 Å². The van der Waals surface area contributed by atoms with Crippen molar-refractivity contribution in [3.63, 3.8) is 0 Å². The Morgan fingerprint density at radius 3 is 2.50 bits per heavy atom. The van der Waals surface area contributed by atoms with E-state index in [1.807, 2.05) is 30.7 Å². The van der Waals surface area contributed by atoms with Crippen LogP contribution in [-0.2, 0) is 10.9 Å². The summed E-state index contributed by atoms with van der Waals surface area (Å²) in [4.78, 5) is 39.0. The number of nitrogens with one attached hydrogen (secondary N) is 3. The summed E-state index contributed by atoms with van der Waals surface area (Å²) in [7, 11) is 0. The molecule has 2 aromatic heterocycles. The van der Waals surface area contributed by atoms with Gasteiger partial charge in [-0.3, -0.25) is 9.59 Å². The fourth-order valence-corrected chi connectivity index (χ4v) is 5.34. The molecule has 5 rings (SSSR count). The number of alkyl halides is 3. The van der Waals surface area contributed by atoms with E-state index >= 15 is 8.78 Å². The first-order valence-corrected chi connectivity index (χ1v) is 14.1. The molecule has 0 spiro atoms. The van der Waals surface area contributed by atoms with Gasteiger partial charge in [-0.15, -0.1) is 0 Å². The van der Waals surface area contributed by atoms with Crippen LogP contribution in [0.2, 0.25) is 0 Å². The Kier molecular flexibility index (Phi) is 8.88. The van der Waals surface area contributed by atoms with Gasteiger partial charge in [0, 0.05) is 75.1 Å². The maximum atomic E-state index is 16.3. The van der Waals surface area contributed by atoms with E-state index < -0.39 is 51.7 Å². The summed E-state index contributed by atoms with van der Waals surface area (Å²) in [5.74, 6) is -2.91. The van der Waals surface area contributed by atoms with E-state index in [0.717, 1.165) is 6.07 Å². The molecule has 2 aliphatic rings. The lowest BCUT2D eigenvalue weighted by atomic mass is 10.0. The summed E-state index contributed by atoms with van der Waals surface area (Å²) in [6.07, 6.45) is -1.96. The predicted molar refractivity (Wildman–Crippen MR) is 154 cm³/mol. The number of amides is 1. The molecule has 2 saturated heterocycles. The Bertz CT molecular complexity index is 1580. The minimum Gasteiger partial charge on any atom is -0.374 e. The van der Waals surface area contributed by atoms with Crippen molar-refractivity contribution in [1.29, 1.82) is 0 Å². The average Bonchev–Trinajstić information content (AvgIpc) is 2.98. The van der Waals surface area contributed by atoms with Crippen molar-refractivity contribution < 1.29 is 31.5 Å². The van der Waals surface area contributed by atoms with Crippen LogP contribution in [0.4, 0.5) is 39.3 Å². The Balaban J connectivity index is 1.54.